The fraction of sp³-hybridized carbons (Fsp3) is 0.400. The lowest BCUT2D eigenvalue weighted by Crippen LogP contribution is -2.45. The molecule has 0 bridgehead atoms. The van der Waals surface area contributed by atoms with E-state index >= 15 is 0 Å². The number of aromatic nitrogens is 1. The molecule has 27 heavy (non-hydrogen) atoms. The van der Waals surface area contributed by atoms with Crippen molar-refractivity contribution < 1.29 is 4.79 Å². The molecule has 1 fully saturated rings. The van der Waals surface area contributed by atoms with Crippen LogP contribution in [0.25, 0.3) is 0 Å². The Kier molecular flexibility index (Phi) is 10.3. The van der Waals surface area contributed by atoms with Gasteiger partial charge in [-0.05, 0) is 49.8 Å². The van der Waals surface area contributed by atoms with Gasteiger partial charge in [-0.1, -0.05) is 30.3 Å². The zero-order valence-corrected chi connectivity index (χ0v) is 16.9. The molecule has 0 saturated heterocycles. The Balaban J connectivity index is 0.00000182. The number of nitrogens with two attached hydrogens (primary N) is 1. The Morgan fingerprint density at radius 1 is 1.04 bits per heavy atom. The molecular formula is C20H28Cl2N4O. The highest BCUT2D eigenvalue weighted by Gasteiger charge is 2.28. The summed E-state index contributed by atoms with van der Waals surface area (Å²) in [6.45, 7) is 0.850. The number of carbonyl (C=O) groups is 1. The van der Waals surface area contributed by atoms with Gasteiger partial charge in [0.25, 0.3) is 0 Å². The van der Waals surface area contributed by atoms with Crippen LogP contribution in [-0.2, 0) is 11.2 Å². The Morgan fingerprint density at radius 3 is 2.30 bits per heavy atom. The summed E-state index contributed by atoms with van der Waals surface area (Å²) >= 11 is 0. The first-order valence-corrected chi connectivity index (χ1v) is 8.98. The number of pyridine rings is 1. The maximum atomic E-state index is 12.4. The number of nitrogens with zero attached hydrogens (tertiary/aromatic N) is 2. The van der Waals surface area contributed by atoms with Crippen molar-refractivity contribution in [2.24, 2.45) is 11.8 Å². The zero-order valence-electron chi connectivity index (χ0n) is 15.3. The van der Waals surface area contributed by atoms with Crippen LogP contribution in [0.5, 0.6) is 0 Å². The fourth-order valence-electron chi connectivity index (χ4n) is 3.43. The minimum atomic E-state index is 0. The smallest absolute Gasteiger partial charge is 0.227 e. The van der Waals surface area contributed by atoms with E-state index < -0.39 is 0 Å². The van der Waals surface area contributed by atoms with Gasteiger partial charge in [-0.3, -0.25) is 15.6 Å². The monoisotopic (exact) mass is 410 g/mol. The van der Waals surface area contributed by atoms with E-state index in [0.717, 1.165) is 44.3 Å². The molecule has 1 amide bonds. The summed E-state index contributed by atoms with van der Waals surface area (Å²) < 4.78 is 0. The Bertz CT molecular complexity index is 664. The van der Waals surface area contributed by atoms with Gasteiger partial charge in [-0.2, -0.15) is 0 Å². The van der Waals surface area contributed by atoms with E-state index in [4.69, 9.17) is 5.84 Å². The second kappa shape index (κ2) is 11.9. The van der Waals surface area contributed by atoms with Crippen molar-refractivity contribution in [3.63, 3.8) is 0 Å². The quantitative estimate of drug-likeness (QED) is 0.560. The molecule has 2 aromatic rings. The lowest BCUT2D eigenvalue weighted by molar-refractivity contribution is -0.121. The molecule has 1 saturated carbocycles. The third-order valence-corrected chi connectivity index (χ3v) is 4.99. The molecule has 0 spiro atoms. The Hall–Kier alpha value is -1.66. The van der Waals surface area contributed by atoms with Crippen LogP contribution in [0.1, 0.15) is 31.2 Å². The molecule has 1 aliphatic carbocycles. The van der Waals surface area contributed by atoms with E-state index in [2.05, 4.69) is 34.6 Å². The number of hydrogen-bond donors (Lipinski definition) is 2. The highest BCUT2D eigenvalue weighted by atomic mass is 35.5. The molecule has 1 aromatic heterocycles. The number of hydrazine groups is 1. The SMILES string of the molecule is Cl.Cl.NN(CCc1ccccc1)C1CCC(C(=O)Nc2ccncc2)CC1. The third-order valence-electron chi connectivity index (χ3n) is 4.99. The van der Waals surface area contributed by atoms with Crippen molar-refractivity contribution in [2.75, 3.05) is 11.9 Å². The molecule has 3 rings (SSSR count). The van der Waals surface area contributed by atoms with Crippen LogP contribution in [0.15, 0.2) is 54.9 Å². The predicted octanol–water partition coefficient (Wildman–Crippen LogP) is 3.84. The maximum absolute atomic E-state index is 12.4. The maximum Gasteiger partial charge on any atom is 0.227 e. The molecule has 7 heteroatoms. The van der Waals surface area contributed by atoms with E-state index in [0.29, 0.717) is 6.04 Å². The average Bonchev–Trinajstić information content (AvgIpc) is 2.68. The predicted molar refractivity (Wildman–Crippen MR) is 114 cm³/mol. The highest BCUT2D eigenvalue weighted by molar-refractivity contribution is 5.92. The van der Waals surface area contributed by atoms with Crippen LogP contribution in [0.2, 0.25) is 0 Å². The number of amides is 1. The summed E-state index contributed by atoms with van der Waals surface area (Å²) in [5.74, 6) is 6.45. The van der Waals surface area contributed by atoms with Gasteiger partial charge in [0.1, 0.15) is 0 Å². The lowest BCUT2D eigenvalue weighted by Gasteiger charge is -2.33. The summed E-state index contributed by atoms with van der Waals surface area (Å²) in [6.07, 6.45) is 8.05. The number of halogens is 2. The fourth-order valence-corrected chi connectivity index (χ4v) is 3.43. The number of nitrogens with one attached hydrogen (secondary N) is 1. The summed E-state index contributed by atoms with van der Waals surface area (Å²) in [5, 5.41) is 4.94. The van der Waals surface area contributed by atoms with E-state index in [-0.39, 0.29) is 36.6 Å². The van der Waals surface area contributed by atoms with E-state index in [1.165, 1.54) is 5.56 Å². The van der Waals surface area contributed by atoms with Gasteiger partial charge in [0.2, 0.25) is 5.91 Å². The Labute approximate surface area is 173 Å². The normalized spacial score (nSPS) is 18.9. The van der Waals surface area contributed by atoms with Crippen LogP contribution in [0.3, 0.4) is 0 Å². The van der Waals surface area contributed by atoms with Crippen molar-refractivity contribution in [1.82, 2.24) is 9.99 Å². The molecule has 5 nitrogen and oxygen atoms in total. The molecule has 3 N–H and O–H groups in total. The number of benzene rings is 1. The van der Waals surface area contributed by atoms with Crippen molar-refractivity contribution in [2.45, 2.75) is 38.1 Å². The molecule has 1 heterocycles. The molecule has 1 aromatic carbocycles. The number of carbonyl (C=O) groups excluding carboxylic acids is 1. The van der Waals surface area contributed by atoms with Gasteiger partial charge in [0.05, 0.1) is 0 Å². The van der Waals surface area contributed by atoms with E-state index in [9.17, 15) is 4.79 Å². The van der Waals surface area contributed by atoms with Crippen molar-refractivity contribution >= 4 is 36.4 Å². The van der Waals surface area contributed by atoms with Crippen molar-refractivity contribution in [3.8, 4) is 0 Å². The van der Waals surface area contributed by atoms with Crippen LogP contribution >= 0.6 is 24.8 Å². The van der Waals surface area contributed by atoms with Crippen LogP contribution in [0, 0.1) is 5.92 Å². The van der Waals surface area contributed by atoms with Crippen molar-refractivity contribution in [1.29, 1.82) is 0 Å². The standard InChI is InChI=1S/C20H26N4O.2ClH/c21-24(15-12-16-4-2-1-3-5-16)19-8-6-17(7-9-19)20(25)23-18-10-13-22-14-11-18;;/h1-5,10-11,13-14,17,19H,6-9,12,15,21H2,(H,22,23,25);2*1H. The summed E-state index contributed by atoms with van der Waals surface area (Å²) in [7, 11) is 0. The molecule has 0 aliphatic heterocycles. The number of anilines is 1. The summed E-state index contributed by atoms with van der Waals surface area (Å²) in [4.78, 5) is 16.3. The first-order chi connectivity index (χ1) is 12.2. The third kappa shape index (κ3) is 7.11. The molecule has 1 aliphatic rings. The molecule has 0 atom stereocenters. The average molecular weight is 411 g/mol. The lowest BCUT2D eigenvalue weighted by atomic mass is 9.85. The van der Waals surface area contributed by atoms with Crippen LogP contribution in [0.4, 0.5) is 5.69 Å². The van der Waals surface area contributed by atoms with Gasteiger partial charge < -0.3 is 5.32 Å². The van der Waals surface area contributed by atoms with Gasteiger partial charge in [-0.15, -0.1) is 24.8 Å². The van der Waals surface area contributed by atoms with E-state index in [1.54, 1.807) is 12.4 Å². The second-order valence-corrected chi connectivity index (χ2v) is 6.70. The highest BCUT2D eigenvalue weighted by Crippen LogP contribution is 2.27. The minimum Gasteiger partial charge on any atom is -0.326 e. The van der Waals surface area contributed by atoms with Gasteiger partial charge in [0.15, 0.2) is 0 Å². The zero-order chi connectivity index (χ0) is 17.5. The largest absolute Gasteiger partial charge is 0.326 e. The Morgan fingerprint density at radius 2 is 1.67 bits per heavy atom. The van der Waals surface area contributed by atoms with Gasteiger partial charge in [-0.25, -0.2) is 5.01 Å². The van der Waals surface area contributed by atoms with E-state index in [1.807, 2.05) is 23.2 Å². The number of rotatable bonds is 6. The summed E-state index contributed by atoms with van der Waals surface area (Å²) in [6, 6.07) is 14.4. The first-order valence-electron chi connectivity index (χ1n) is 8.98. The first kappa shape index (κ1) is 23.4. The molecule has 148 valence electrons. The van der Waals surface area contributed by atoms with Gasteiger partial charge in [0, 0.05) is 36.6 Å². The second-order valence-electron chi connectivity index (χ2n) is 6.70. The summed E-state index contributed by atoms with van der Waals surface area (Å²) in [5.41, 5.74) is 2.12. The minimum absolute atomic E-state index is 0. The van der Waals surface area contributed by atoms with Crippen molar-refractivity contribution in [3.05, 3.63) is 60.4 Å². The topological polar surface area (TPSA) is 71.2 Å². The molecule has 0 radical (unpaired) electrons. The molecule has 0 unspecified atom stereocenters. The van der Waals surface area contributed by atoms with Crippen LogP contribution < -0.4 is 11.2 Å². The molecular weight excluding hydrogens is 383 g/mol. The van der Waals surface area contributed by atoms with Crippen LogP contribution in [-0.4, -0.2) is 28.5 Å². The number of hydrogen-bond acceptors (Lipinski definition) is 4. The van der Waals surface area contributed by atoms with Gasteiger partial charge >= 0.3 is 0 Å².